The number of hydrogen-bond donors (Lipinski definition) is 1. The monoisotopic (exact) mass is 439 g/mol. The molecule has 2 atom stereocenters. The van der Waals surface area contributed by atoms with Crippen molar-refractivity contribution in [3.63, 3.8) is 0 Å². The molecule has 104 valence electrons. The van der Waals surface area contributed by atoms with Crippen LogP contribution in [0, 0.1) is 3.57 Å². The molecule has 0 spiro atoms. The van der Waals surface area contributed by atoms with Crippen LogP contribution in [-0.2, 0) is 4.74 Å². The summed E-state index contributed by atoms with van der Waals surface area (Å²) in [4.78, 5) is 14.2. The maximum absolute atomic E-state index is 12.4. The molecule has 2 rings (SSSR count). The van der Waals surface area contributed by atoms with Crippen LogP contribution in [0.4, 0.5) is 0 Å². The fourth-order valence-electron chi connectivity index (χ4n) is 2.12. The second-order valence-electron chi connectivity index (χ2n) is 4.60. The summed E-state index contributed by atoms with van der Waals surface area (Å²) in [5, 5.41) is 10.4. The Kier molecular flexibility index (Phi) is 5.08. The number of rotatable bonds is 2. The highest BCUT2D eigenvalue weighted by molar-refractivity contribution is 14.1. The highest BCUT2D eigenvalue weighted by Gasteiger charge is 2.28. The standard InChI is InChI=1S/C13H15BrINO3/c1-8-6-16(7-10(5-14)19-8)13(18)9-2-3-11(15)12(17)4-9/h2-4,8,10,17H,5-7H2,1H3. The lowest BCUT2D eigenvalue weighted by Crippen LogP contribution is -2.49. The molecule has 0 aromatic heterocycles. The van der Waals surface area contributed by atoms with Crippen molar-refractivity contribution in [3.8, 4) is 5.75 Å². The van der Waals surface area contributed by atoms with E-state index in [2.05, 4.69) is 15.9 Å². The number of hydrogen-bond acceptors (Lipinski definition) is 3. The largest absolute Gasteiger partial charge is 0.507 e. The molecule has 0 radical (unpaired) electrons. The summed E-state index contributed by atoms with van der Waals surface area (Å²) in [5.74, 6) is 0.0811. The van der Waals surface area contributed by atoms with Crippen LogP contribution >= 0.6 is 38.5 Å². The number of carbonyl (C=O) groups is 1. The molecular formula is C13H15BrINO3. The maximum atomic E-state index is 12.4. The zero-order chi connectivity index (χ0) is 14.0. The Morgan fingerprint density at radius 3 is 2.95 bits per heavy atom. The molecule has 1 aromatic carbocycles. The molecule has 4 nitrogen and oxygen atoms in total. The number of nitrogens with zero attached hydrogens (tertiary/aromatic N) is 1. The van der Waals surface area contributed by atoms with E-state index in [0.717, 1.165) is 3.57 Å². The Hall–Kier alpha value is -0.340. The average Bonchev–Trinajstić information content (AvgIpc) is 2.40. The van der Waals surface area contributed by atoms with Gasteiger partial charge >= 0.3 is 0 Å². The third kappa shape index (κ3) is 3.61. The fraction of sp³-hybridized carbons (Fsp3) is 0.462. The van der Waals surface area contributed by atoms with Crippen LogP contribution in [-0.4, -0.2) is 46.5 Å². The van der Waals surface area contributed by atoms with E-state index in [1.165, 1.54) is 6.07 Å². The van der Waals surface area contributed by atoms with Gasteiger partial charge in [0.15, 0.2) is 0 Å². The quantitative estimate of drug-likeness (QED) is 0.569. The first-order valence-corrected chi connectivity index (χ1v) is 8.20. The van der Waals surface area contributed by atoms with Crippen LogP contribution in [0.25, 0.3) is 0 Å². The number of morpholine rings is 1. The van der Waals surface area contributed by atoms with Gasteiger partial charge in [0.25, 0.3) is 5.91 Å². The second kappa shape index (κ2) is 6.41. The number of benzene rings is 1. The van der Waals surface area contributed by atoms with Crippen molar-refractivity contribution in [1.82, 2.24) is 4.90 Å². The number of halogens is 2. The van der Waals surface area contributed by atoms with Gasteiger partial charge in [-0.05, 0) is 47.7 Å². The van der Waals surface area contributed by atoms with E-state index in [4.69, 9.17) is 4.74 Å². The first-order valence-electron chi connectivity index (χ1n) is 6.00. The van der Waals surface area contributed by atoms with Crippen molar-refractivity contribution >= 4 is 44.4 Å². The van der Waals surface area contributed by atoms with E-state index in [1.807, 2.05) is 29.5 Å². The predicted octanol–water partition coefficient (Wildman–Crippen LogP) is 2.62. The van der Waals surface area contributed by atoms with Gasteiger partial charge in [-0.1, -0.05) is 15.9 Å². The molecular weight excluding hydrogens is 425 g/mol. The smallest absolute Gasteiger partial charge is 0.254 e. The van der Waals surface area contributed by atoms with Crippen LogP contribution < -0.4 is 0 Å². The minimum Gasteiger partial charge on any atom is -0.507 e. The second-order valence-corrected chi connectivity index (χ2v) is 6.41. The van der Waals surface area contributed by atoms with Gasteiger partial charge in [-0.25, -0.2) is 0 Å². The molecule has 1 heterocycles. The van der Waals surface area contributed by atoms with Gasteiger partial charge in [-0.15, -0.1) is 0 Å². The van der Waals surface area contributed by atoms with Gasteiger partial charge < -0.3 is 14.7 Å². The van der Waals surface area contributed by atoms with Gasteiger partial charge in [0.1, 0.15) is 5.75 Å². The molecule has 1 fully saturated rings. The molecule has 0 aliphatic carbocycles. The summed E-state index contributed by atoms with van der Waals surface area (Å²) in [5.41, 5.74) is 0.514. The molecule has 0 bridgehead atoms. The summed E-state index contributed by atoms with van der Waals surface area (Å²) in [6, 6.07) is 5.01. The van der Waals surface area contributed by atoms with Crippen molar-refractivity contribution in [3.05, 3.63) is 27.3 Å². The summed E-state index contributed by atoms with van der Waals surface area (Å²) in [6.45, 7) is 3.11. The molecule has 6 heteroatoms. The Labute approximate surface area is 134 Å². The van der Waals surface area contributed by atoms with Crippen molar-refractivity contribution in [2.75, 3.05) is 18.4 Å². The van der Waals surface area contributed by atoms with E-state index in [1.54, 1.807) is 17.0 Å². The minimum absolute atomic E-state index is 0.0187. The van der Waals surface area contributed by atoms with E-state index in [-0.39, 0.29) is 23.9 Å². The minimum atomic E-state index is -0.0622. The molecule has 1 amide bonds. The first kappa shape index (κ1) is 15.1. The lowest BCUT2D eigenvalue weighted by molar-refractivity contribution is -0.0559. The predicted molar refractivity (Wildman–Crippen MR) is 84.9 cm³/mol. The topological polar surface area (TPSA) is 49.8 Å². The highest BCUT2D eigenvalue weighted by atomic mass is 127. The van der Waals surface area contributed by atoms with Gasteiger partial charge in [0.2, 0.25) is 0 Å². The zero-order valence-corrected chi connectivity index (χ0v) is 14.2. The number of phenolic OH excluding ortho intramolecular Hbond substituents is 1. The van der Waals surface area contributed by atoms with E-state index >= 15 is 0 Å². The fourth-order valence-corrected chi connectivity index (χ4v) is 2.82. The van der Waals surface area contributed by atoms with Crippen LogP contribution in [0.3, 0.4) is 0 Å². The number of aromatic hydroxyl groups is 1. The van der Waals surface area contributed by atoms with E-state index in [9.17, 15) is 9.90 Å². The van der Waals surface area contributed by atoms with Crippen LogP contribution in [0.15, 0.2) is 18.2 Å². The van der Waals surface area contributed by atoms with Gasteiger partial charge in [-0.3, -0.25) is 4.79 Å². The Morgan fingerprint density at radius 2 is 2.32 bits per heavy atom. The Balaban J connectivity index is 2.16. The number of carbonyl (C=O) groups excluding carboxylic acids is 1. The molecule has 1 N–H and O–H groups in total. The van der Waals surface area contributed by atoms with E-state index in [0.29, 0.717) is 24.0 Å². The Morgan fingerprint density at radius 1 is 1.58 bits per heavy atom. The molecule has 1 aromatic rings. The zero-order valence-electron chi connectivity index (χ0n) is 10.5. The molecule has 1 aliphatic heterocycles. The van der Waals surface area contributed by atoms with Crippen molar-refractivity contribution in [1.29, 1.82) is 0 Å². The molecule has 19 heavy (non-hydrogen) atoms. The Bertz CT molecular complexity index is 483. The summed E-state index contributed by atoms with van der Waals surface area (Å²) < 4.78 is 6.44. The number of amides is 1. The van der Waals surface area contributed by atoms with E-state index < -0.39 is 0 Å². The van der Waals surface area contributed by atoms with Crippen LogP contribution in [0.5, 0.6) is 5.75 Å². The van der Waals surface area contributed by atoms with Crippen LogP contribution in [0.2, 0.25) is 0 Å². The molecule has 1 aliphatic rings. The van der Waals surface area contributed by atoms with Gasteiger partial charge in [-0.2, -0.15) is 0 Å². The third-order valence-corrected chi connectivity index (χ3v) is 4.61. The van der Waals surface area contributed by atoms with Gasteiger partial charge in [0, 0.05) is 24.0 Å². The third-order valence-electron chi connectivity index (χ3n) is 2.98. The maximum Gasteiger partial charge on any atom is 0.254 e. The summed E-state index contributed by atoms with van der Waals surface area (Å²) in [7, 11) is 0. The average molecular weight is 440 g/mol. The lowest BCUT2D eigenvalue weighted by atomic mass is 10.1. The number of ether oxygens (including phenoxy) is 1. The van der Waals surface area contributed by atoms with Crippen molar-refractivity contribution in [2.45, 2.75) is 19.1 Å². The van der Waals surface area contributed by atoms with Crippen molar-refractivity contribution in [2.24, 2.45) is 0 Å². The first-order chi connectivity index (χ1) is 9.01. The van der Waals surface area contributed by atoms with Gasteiger partial charge in [0.05, 0.1) is 15.8 Å². The highest BCUT2D eigenvalue weighted by Crippen LogP contribution is 2.22. The van der Waals surface area contributed by atoms with Crippen LogP contribution in [0.1, 0.15) is 17.3 Å². The van der Waals surface area contributed by atoms with Crippen molar-refractivity contribution < 1.29 is 14.6 Å². The molecule has 0 saturated carbocycles. The summed E-state index contributed by atoms with van der Waals surface area (Å²) >= 11 is 5.42. The SMILES string of the molecule is CC1CN(C(=O)c2ccc(I)c(O)c2)CC(CBr)O1. The number of alkyl halides is 1. The summed E-state index contributed by atoms with van der Waals surface area (Å²) in [6.07, 6.45) is 0.0443. The lowest BCUT2D eigenvalue weighted by Gasteiger charge is -2.36. The normalized spacial score (nSPS) is 23.4. The molecule has 2 unspecified atom stereocenters. The molecule has 1 saturated heterocycles. The number of phenols is 1.